The van der Waals surface area contributed by atoms with E-state index in [0.29, 0.717) is 27.4 Å². The lowest BCUT2D eigenvalue weighted by Crippen LogP contribution is -2.56. The highest BCUT2D eigenvalue weighted by molar-refractivity contribution is 7.17. The fourth-order valence-electron chi connectivity index (χ4n) is 7.98. The average molecular weight is 687 g/mol. The third-order valence-corrected chi connectivity index (χ3v) is 11.2. The van der Waals surface area contributed by atoms with Gasteiger partial charge in [0.15, 0.2) is 0 Å². The van der Waals surface area contributed by atoms with Crippen molar-refractivity contribution in [3.63, 3.8) is 0 Å². The third kappa shape index (κ3) is 7.82. The summed E-state index contributed by atoms with van der Waals surface area (Å²) in [6, 6.07) is 11.2. The Morgan fingerprint density at radius 1 is 0.959 bits per heavy atom. The van der Waals surface area contributed by atoms with Gasteiger partial charge in [0.25, 0.3) is 17.4 Å². The normalized spacial score (nSPS) is 22.6. The predicted molar refractivity (Wildman–Crippen MR) is 185 cm³/mol. The van der Waals surface area contributed by atoms with Crippen LogP contribution in [0.4, 0.5) is 5.69 Å². The second-order valence-electron chi connectivity index (χ2n) is 13.5. The van der Waals surface area contributed by atoms with Crippen molar-refractivity contribution in [1.82, 2.24) is 25.5 Å². The minimum absolute atomic E-state index is 0.0791. The Bertz CT molecular complexity index is 1770. The van der Waals surface area contributed by atoms with Gasteiger partial charge in [-0.05, 0) is 88.2 Å². The number of anilines is 1. The van der Waals surface area contributed by atoms with Crippen LogP contribution < -0.4 is 26.8 Å². The van der Waals surface area contributed by atoms with Crippen LogP contribution in [-0.2, 0) is 25.7 Å². The van der Waals surface area contributed by atoms with Crippen LogP contribution in [-0.4, -0.2) is 57.6 Å². The molecule has 4 bridgehead atoms. The molecule has 2 heterocycles. The summed E-state index contributed by atoms with van der Waals surface area (Å²) >= 11 is 1.17. The number of amides is 4. The van der Waals surface area contributed by atoms with Crippen molar-refractivity contribution in [2.24, 2.45) is 23.7 Å². The van der Waals surface area contributed by atoms with Gasteiger partial charge in [-0.2, -0.15) is 0 Å². The number of nitrogens with zero attached hydrogens (tertiary/aromatic N) is 2. The van der Waals surface area contributed by atoms with Gasteiger partial charge in [0.05, 0.1) is 5.69 Å². The number of hydrogen-bond donors (Lipinski definition) is 4. The number of rotatable bonds is 13. The van der Waals surface area contributed by atoms with Crippen molar-refractivity contribution in [1.29, 1.82) is 0 Å². The summed E-state index contributed by atoms with van der Waals surface area (Å²) in [6.07, 6.45) is 6.93. The molecule has 0 unspecified atom stereocenters. The topological polar surface area (TPSA) is 168 Å². The Hall–Kier alpha value is -4.65. The number of pyridine rings is 1. The summed E-state index contributed by atoms with van der Waals surface area (Å²) < 4.78 is 1.25. The second kappa shape index (κ2) is 14.9. The number of Topliss-reactive ketones (excluding diaryl/α,β-unsaturated/α-hetero) is 1. The van der Waals surface area contributed by atoms with Crippen LogP contribution in [0.3, 0.4) is 0 Å². The van der Waals surface area contributed by atoms with Crippen molar-refractivity contribution in [3.8, 4) is 10.6 Å². The maximum Gasteiger partial charge on any atom is 0.287 e. The van der Waals surface area contributed by atoms with Gasteiger partial charge in [0, 0.05) is 30.8 Å². The molecule has 0 saturated heterocycles. The van der Waals surface area contributed by atoms with E-state index in [0.717, 1.165) is 43.1 Å². The van der Waals surface area contributed by atoms with Crippen LogP contribution >= 0.6 is 11.3 Å². The molecule has 1 aromatic carbocycles. The van der Waals surface area contributed by atoms with Gasteiger partial charge in [-0.25, -0.2) is 4.98 Å². The Kier molecular flexibility index (Phi) is 10.4. The summed E-state index contributed by atoms with van der Waals surface area (Å²) in [6.45, 7) is 3.45. The standard InChI is InChI=1S/C36H42N6O6S/c1-3-37-33(46)28(43)12-11-26(39-34(47)31-20(2)38-35(49-31)23-8-5-4-6-9-23)32(45)40-27-10-7-13-42(36(27)48)19-29(44)41-30-24-15-21-14-22(17-24)18-25(30)16-21/h4-10,13,21-22,24-26,30H,3,11-12,14-19H2,1-2H3,(H,37,46)(H,39,47)(H,40,45)(H,41,44)/t21?,22?,24?,25?,26-,30?/m0/s1. The van der Waals surface area contributed by atoms with Gasteiger partial charge >= 0.3 is 0 Å². The van der Waals surface area contributed by atoms with Crippen molar-refractivity contribution in [2.75, 3.05) is 11.9 Å². The van der Waals surface area contributed by atoms with Crippen molar-refractivity contribution < 1.29 is 24.0 Å². The largest absolute Gasteiger partial charge is 0.351 e. The first kappa shape index (κ1) is 34.2. The molecule has 4 aliphatic carbocycles. The molecule has 4 aliphatic rings. The zero-order valence-corrected chi connectivity index (χ0v) is 28.5. The molecular weight excluding hydrogens is 644 g/mol. The molecule has 12 nitrogen and oxygen atoms in total. The van der Waals surface area contributed by atoms with E-state index in [1.807, 2.05) is 30.3 Å². The quantitative estimate of drug-likeness (QED) is 0.200. The molecule has 0 aliphatic heterocycles. The number of benzene rings is 1. The highest BCUT2D eigenvalue weighted by atomic mass is 32.1. The Balaban J connectivity index is 1.14. The number of thiazole rings is 1. The molecule has 258 valence electrons. The molecule has 4 amide bonds. The third-order valence-electron chi connectivity index (χ3n) is 10.0. The van der Waals surface area contributed by atoms with Crippen molar-refractivity contribution in [2.45, 2.75) is 77.4 Å². The molecule has 1 atom stereocenters. The fourth-order valence-corrected chi connectivity index (χ4v) is 8.95. The van der Waals surface area contributed by atoms with Crippen LogP contribution in [0.25, 0.3) is 10.6 Å². The van der Waals surface area contributed by atoms with E-state index in [9.17, 15) is 28.8 Å². The van der Waals surface area contributed by atoms with E-state index < -0.39 is 35.1 Å². The number of hydrogen-bond acceptors (Lipinski definition) is 8. The Morgan fingerprint density at radius 3 is 2.33 bits per heavy atom. The molecule has 3 aromatic rings. The fraction of sp³-hybridized carbons (Fsp3) is 0.472. The molecule has 4 fully saturated rings. The first-order valence-electron chi connectivity index (χ1n) is 17.0. The van der Waals surface area contributed by atoms with E-state index in [1.54, 1.807) is 19.9 Å². The number of aromatic nitrogens is 2. The molecular formula is C36H42N6O6S. The molecule has 13 heteroatoms. The van der Waals surface area contributed by atoms with Gasteiger partial charge in [-0.3, -0.25) is 28.8 Å². The van der Waals surface area contributed by atoms with Crippen LogP contribution in [0.2, 0.25) is 0 Å². The molecule has 2 aromatic heterocycles. The lowest BCUT2D eigenvalue weighted by molar-refractivity contribution is -0.138. The highest BCUT2D eigenvalue weighted by Gasteiger charge is 2.48. The van der Waals surface area contributed by atoms with Crippen LogP contribution in [0.15, 0.2) is 53.5 Å². The Morgan fingerprint density at radius 2 is 1.65 bits per heavy atom. The van der Waals surface area contributed by atoms with E-state index in [2.05, 4.69) is 26.3 Å². The lowest BCUT2D eigenvalue weighted by atomic mass is 9.54. The van der Waals surface area contributed by atoms with Crippen LogP contribution in [0, 0.1) is 30.6 Å². The van der Waals surface area contributed by atoms with Gasteiger partial charge in [0.1, 0.15) is 28.2 Å². The number of nitrogens with one attached hydrogen (secondary N) is 4. The first-order valence-corrected chi connectivity index (χ1v) is 17.9. The summed E-state index contributed by atoms with van der Waals surface area (Å²) in [7, 11) is 0. The average Bonchev–Trinajstić information content (AvgIpc) is 3.48. The van der Waals surface area contributed by atoms with Gasteiger partial charge < -0.3 is 25.8 Å². The SMILES string of the molecule is CCNC(=O)C(=O)CC[C@H](NC(=O)c1sc(-c2ccccc2)nc1C)C(=O)Nc1cccn(CC(=O)NC2C3CC4CC(C3)CC2C4)c1=O. The molecule has 4 saturated carbocycles. The molecule has 0 radical (unpaired) electrons. The maximum atomic E-state index is 13.6. The van der Waals surface area contributed by atoms with Crippen molar-refractivity contribution >= 4 is 46.4 Å². The summed E-state index contributed by atoms with van der Waals surface area (Å²) in [5.41, 5.74) is 0.648. The summed E-state index contributed by atoms with van der Waals surface area (Å²) in [5, 5.41) is 11.6. The van der Waals surface area contributed by atoms with Crippen molar-refractivity contribution in [3.05, 3.63) is 69.6 Å². The summed E-state index contributed by atoms with van der Waals surface area (Å²) in [4.78, 5) is 83.0. The van der Waals surface area contributed by atoms with Gasteiger partial charge in [-0.15, -0.1) is 11.3 Å². The number of carbonyl (C=O) groups excluding carboxylic acids is 5. The summed E-state index contributed by atoms with van der Waals surface area (Å²) in [5.74, 6) is -0.537. The van der Waals surface area contributed by atoms with E-state index in [4.69, 9.17) is 0 Å². The minimum Gasteiger partial charge on any atom is -0.351 e. The van der Waals surface area contributed by atoms with Crippen LogP contribution in [0.5, 0.6) is 0 Å². The smallest absolute Gasteiger partial charge is 0.287 e. The number of ketones is 1. The Labute approximate surface area is 288 Å². The van der Waals surface area contributed by atoms with E-state index >= 15 is 0 Å². The predicted octanol–water partition coefficient (Wildman–Crippen LogP) is 3.44. The monoisotopic (exact) mass is 686 g/mol. The molecule has 0 spiro atoms. The van der Waals surface area contributed by atoms with E-state index in [-0.39, 0.29) is 43.6 Å². The van der Waals surface area contributed by atoms with E-state index in [1.165, 1.54) is 34.6 Å². The first-order chi connectivity index (χ1) is 23.6. The minimum atomic E-state index is -1.26. The molecule has 7 rings (SSSR count). The highest BCUT2D eigenvalue weighted by Crippen LogP contribution is 2.53. The number of likely N-dealkylation sites (N-methyl/N-ethyl adjacent to an activating group) is 1. The lowest BCUT2D eigenvalue weighted by Gasteiger charge is -2.54. The zero-order chi connectivity index (χ0) is 34.7. The van der Waals surface area contributed by atoms with Crippen LogP contribution in [0.1, 0.15) is 67.2 Å². The van der Waals surface area contributed by atoms with Gasteiger partial charge in [-0.1, -0.05) is 30.3 Å². The number of aryl methyl sites for hydroxylation is 1. The zero-order valence-electron chi connectivity index (χ0n) is 27.7. The number of carbonyl (C=O) groups is 5. The molecule has 49 heavy (non-hydrogen) atoms. The van der Waals surface area contributed by atoms with Gasteiger partial charge in [0.2, 0.25) is 17.6 Å². The maximum absolute atomic E-state index is 13.6. The second-order valence-corrected chi connectivity index (χ2v) is 14.5. The molecule has 4 N–H and O–H groups in total.